The Kier molecular flexibility index (Phi) is 4.21. The van der Waals surface area contributed by atoms with Crippen molar-refractivity contribution < 1.29 is 9.90 Å². The molecule has 112 valence electrons. The molecule has 2 aromatic heterocycles. The number of aromatic nitrogens is 3. The van der Waals surface area contributed by atoms with Gasteiger partial charge in [0.25, 0.3) is 0 Å². The van der Waals surface area contributed by atoms with Crippen molar-refractivity contribution in [2.24, 2.45) is 5.92 Å². The zero-order valence-corrected chi connectivity index (χ0v) is 14.0. The van der Waals surface area contributed by atoms with E-state index in [0.717, 1.165) is 27.2 Å². The lowest BCUT2D eigenvalue weighted by molar-refractivity contribution is -0.133. The summed E-state index contributed by atoms with van der Waals surface area (Å²) in [5.41, 5.74) is 1.68. The van der Waals surface area contributed by atoms with Gasteiger partial charge in [0.05, 0.1) is 5.75 Å². The van der Waals surface area contributed by atoms with E-state index in [-0.39, 0.29) is 5.75 Å². The van der Waals surface area contributed by atoms with Crippen LogP contribution in [0, 0.1) is 5.92 Å². The number of nitrogens with zero attached hydrogens (tertiary/aromatic N) is 3. The molecule has 2 heterocycles. The molecule has 0 saturated heterocycles. The zero-order valence-electron chi connectivity index (χ0n) is 11.6. The van der Waals surface area contributed by atoms with Crippen molar-refractivity contribution in [3.8, 4) is 0 Å². The van der Waals surface area contributed by atoms with Crippen molar-refractivity contribution in [1.82, 2.24) is 14.5 Å². The molecule has 5 nitrogen and oxygen atoms in total. The molecule has 0 amide bonds. The molecule has 21 heavy (non-hydrogen) atoms. The molecule has 1 aliphatic rings. The molecule has 1 saturated carbocycles. The number of pyridine rings is 1. The first kappa shape index (κ1) is 14.8. The Morgan fingerprint density at radius 2 is 2.43 bits per heavy atom. The summed E-state index contributed by atoms with van der Waals surface area (Å²) in [6.07, 6.45) is 5.27. The number of hydrogen-bond donors (Lipinski definition) is 1. The molecule has 0 spiro atoms. The van der Waals surface area contributed by atoms with Gasteiger partial charge in [-0.1, -0.05) is 25.1 Å². The number of carbonyl (C=O) groups is 1. The van der Waals surface area contributed by atoms with Crippen LogP contribution >= 0.6 is 27.7 Å². The quantitative estimate of drug-likeness (QED) is 0.785. The predicted octanol–water partition coefficient (Wildman–Crippen LogP) is 3.73. The summed E-state index contributed by atoms with van der Waals surface area (Å²) in [4.78, 5) is 19.9. The molecular formula is C14H16BrN3O2S. The number of rotatable bonds is 6. The number of aliphatic carboxylic acids is 1. The number of thioether (sulfide) groups is 1. The summed E-state index contributed by atoms with van der Waals surface area (Å²) >= 11 is 4.68. The molecule has 7 heteroatoms. The van der Waals surface area contributed by atoms with Gasteiger partial charge in [-0.3, -0.25) is 4.79 Å². The van der Waals surface area contributed by atoms with Gasteiger partial charge in [0, 0.05) is 16.7 Å². The van der Waals surface area contributed by atoms with Crippen molar-refractivity contribution in [3.05, 3.63) is 16.7 Å². The van der Waals surface area contributed by atoms with Gasteiger partial charge in [0.15, 0.2) is 10.8 Å². The molecule has 3 rings (SSSR count). The summed E-state index contributed by atoms with van der Waals surface area (Å²) in [7, 11) is 0. The third kappa shape index (κ3) is 3.08. The summed E-state index contributed by atoms with van der Waals surface area (Å²) in [6, 6.07) is 2.35. The maximum absolute atomic E-state index is 10.8. The lowest BCUT2D eigenvalue weighted by atomic mass is 10.2. The standard InChI is InChI=1S/C14H16BrN3O2S/c1-2-3-8-4-11(8)18-13-10(5-9(15)6-16-13)17-14(18)21-7-12(19)20/h5-6,8,11H,2-4,7H2,1H3,(H,19,20). The van der Waals surface area contributed by atoms with Crippen LogP contribution in [-0.2, 0) is 4.79 Å². The Morgan fingerprint density at radius 3 is 3.14 bits per heavy atom. The Hall–Kier alpha value is -1.08. The predicted molar refractivity (Wildman–Crippen MR) is 85.6 cm³/mol. The molecule has 2 unspecified atom stereocenters. The van der Waals surface area contributed by atoms with Crippen LogP contribution in [0.15, 0.2) is 21.9 Å². The van der Waals surface area contributed by atoms with Gasteiger partial charge in [-0.15, -0.1) is 0 Å². The molecular weight excluding hydrogens is 354 g/mol. The van der Waals surface area contributed by atoms with Gasteiger partial charge < -0.3 is 9.67 Å². The third-order valence-electron chi connectivity index (χ3n) is 3.67. The minimum absolute atomic E-state index is 0.0235. The number of fused-ring (bicyclic) bond motifs is 1. The molecule has 2 aromatic rings. The van der Waals surface area contributed by atoms with Crippen LogP contribution in [0.3, 0.4) is 0 Å². The van der Waals surface area contributed by atoms with Crippen LogP contribution in [-0.4, -0.2) is 31.4 Å². The number of carboxylic acid groups (broad SMARTS) is 1. The van der Waals surface area contributed by atoms with Gasteiger partial charge in [-0.25, -0.2) is 9.97 Å². The summed E-state index contributed by atoms with van der Waals surface area (Å²) in [5, 5.41) is 9.66. The van der Waals surface area contributed by atoms with Gasteiger partial charge >= 0.3 is 5.97 Å². The van der Waals surface area contributed by atoms with E-state index in [4.69, 9.17) is 5.11 Å². The van der Waals surface area contributed by atoms with E-state index in [2.05, 4.69) is 37.4 Å². The SMILES string of the molecule is CCCC1CC1n1c(SCC(=O)O)nc2cc(Br)cnc21. The van der Waals surface area contributed by atoms with Crippen LogP contribution in [0.25, 0.3) is 11.2 Å². The van der Waals surface area contributed by atoms with E-state index in [1.165, 1.54) is 24.6 Å². The van der Waals surface area contributed by atoms with Crippen molar-refractivity contribution >= 4 is 44.8 Å². The van der Waals surface area contributed by atoms with E-state index in [9.17, 15) is 4.79 Å². The smallest absolute Gasteiger partial charge is 0.313 e. The molecule has 0 bridgehead atoms. The first-order chi connectivity index (χ1) is 10.1. The van der Waals surface area contributed by atoms with E-state index in [0.29, 0.717) is 12.0 Å². The third-order valence-corrected chi connectivity index (χ3v) is 5.04. The Labute approximate surface area is 135 Å². The summed E-state index contributed by atoms with van der Waals surface area (Å²) in [6.45, 7) is 2.19. The Morgan fingerprint density at radius 1 is 1.62 bits per heavy atom. The maximum atomic E-state index is 10.8. The second-order valence-corrected chi connectivity index (χ2v) is 7.15. The first-order valence-electron chi connectivity index (χ1n) is 6.98. The van der Waals surface area contributed by atoms with Crippen LogP contribution in [0.2, 0.25) is 0 Å². The van der Waals surface area contributed by atoms with Crippen molar-refractivity contribution in [1.29, 1.82) is 0 Å². The van der Waals surface area contributed by atoms with Crippen LogP contribution in [0.5, 0.6) is 0 Å². The fraction of sp³-hybridized carbons (Fsp3) is 0.500. The minimum atomic E-state index is -0.825. The van der Waals surface area contributed by atoms with Gasteiger partial charge in [0.2, 0.25) is 0 Å². The second kappa shape index (κ2) is 5.96. The first-order valence-corrected chi connectivity index (χ1v) is 8.76. The largest absolute Gasteiger partial charge is 0.481 e. The molecule has 0 aliphatic heterocycles. The fourth-order valence-electron chi connectivity index (χ4n) is 2.69. The minimum Gasteiger partial charge on any atom is -0.481 e. The number of carboxylic acids is 1. The van der Waals surface area contributed by atoms with E-state index < -0.39 is 5.97 Å². The number of imidazole rings is 1. The highest BCUT2D eigenvalue weighted by atomic mass is 79.9. The lowest BCUT2D eigenvalue weighted by Gasteiger charge is -2.07. The van der Waals surface area contributed by atoms with Gasteiger partial charge in [0.1, 0.15) is 5.52 Å². The Bertz CT molecular complexity index is 688. The van der Waals surface area contributed by atoms with Gasteiger partial charge in [-0.05, 0) is 40.8 Å². The van der Waals surface area contributed by atoms with Crippen molar-refractivity contribution in [2.45, 2.75) is 37.4 Å². The fourth-order valence-corrected chi connectivity index (χ4v) is 3.79. The maximum Gasteiger partial charge on any atom is 0.313 e. The van der Waals surface area contributed by atoms with E-state index in [1.807, 2.05) is 6.07 Å². The molecule has 2 atom stereocenters. The van der Waals surface area contributed by atoms with Crippen LogP contribution < -0.4 is 0 Å². The molecule has 1 N–H and O–H groups in total. The molecule has 1 fully saturated rings. The molecule has 1 aliphatic carbocycles. The number of halogens is 1. The zero-order chi connectivity index (χ0) is 15.0. The van der Waals surface area contributed by atoms with E-state index in [1.54, 1.807) is 6.20 Å². The normalized spacial score (nSPS) is 20.9. The summed E-state index contributed by atoms with van der Waals surface area (Å²) < 4.78 is 3.02. The monoisotopic (exact) mass is 369 g/mol. The number of hydrogen-bond acceptors (Lipinski definition) is 4. The molecule has 0 aromatic carbocycles. The summed E-state index contributed by atoms with van der Waals surface area (Å²) in [5.74, 6) is -0.133. The Balaban J connectivity index is 1.97. The average molecular weight is 370 g/mol. The van der Waals surface area contributed by atoms with Crippen LogP contribution in [0.4, 0.5) is 0 Å². The highest BCUT2D eigenvalue weighted by Gasteiger charge is 2.40. The second-order valence-electron chi connectivity index (χ2n) is 5.29. The topological polar surface area (TPSA) is 68.0 Å². The van der Waals surface area contributed by atoms with Crippen LogP contribution in [0.1, 0.15) is 32.2 Å². The van der Waals surface area contributed by atoms with Crippen molar-refractivity contribution in [3.63, 3.8) is 0 Å². The highest BCUT2D eigenvalue weighted by molar-refractivity contribution is 9.10. The highest BCUT2D eigenvalue weighted by Crippen LogP contribution is 2.49. The molecule has 0 radical (unpaired) electrons. The lowest BCUT2D eigenvalue weighted by Crippen LogP contribution is -2.03. The van der Waals surface area contributed by atoms with Crippen molar-refractivity contribution in [2.75, 3.05) is 5.75 Å². The average Bonchev–Trinajstić information content (AvgIpc) is 3.08. The van der Waals surface area contributed by atoms with Gasteiger partial charge in [-0.2, -0.15) is 0 Å². The van der Waals surface area contributed by atoms with E-state index >= 15 is 0 Å².